The fraction of sp³-hybridized carbons (Fsp3) is 0.533. The number of rotatable bonds is 8. The summed E-state index contributed by atoms with van der Waals surface area (Å²) in [6.45, 7) is 1.97. The first kappa shape index (κ1) is 33.2. The summed E-state index contributed by atoms with van der Waals surface area (Å²) in [6, 6.07) is 0. The van der Waals surface area contributed by atoms with Crippen molar-refractivity contribution in [1.29, 1.82) is 0 Å². The van der Waals surface area contributed by atoms with Crippen molar-refractivity contribution in [3.63, 3.8) is 0 Å². The van der Waals surface area contributed by atoms with Gasteiger partial charge in [0.25, 0.3) is 0 Å². The molecule has 13 heteroatoms. The van der Waals surface area contributed by atoms with Crippen LogP contribution >= 0.6 is 0 Å². The second-order valence-corrected chi connectivity index (χ2v) is 11.1. The van der Waals surface area contributed by atoms with Crippen molar-refractivity contribution < 1.29 is 57.4 Å². The fourth-order valence-electron chi connectivity index (χ4n) is 5.93. The van der Waals surface area contributed by atoms with Gasteiger partial charge in [-0.3, -0.25) is 0 Å². The number of halogens is 12. The van der Waals surface area contributed by atoms with Gasteiger partial charge >= 0.3 is 12.3 Å². The Morgan fingerprint density at radius 3 is 2.12 bits per heavy atom. The maximum Gasteiger partial charge on any atom is 0.421 e. The number of hydrogen-bond acceptors (Lipinski definition) is 1. The molecule has 0 amide bonds. The van der Waals surface area contributed by atoms with E-state index < -0.39 is 114 Å². The van der Waals surface area contributed by atoms with Crippen LogP contribution in [0.1, 0.15) is 51.9 Å². The normalized spacial score (nSPS) is 31.0. The molecule has 43 heavy (non-hydrogen) atoms. The summed E-state index contributed by atoms with van der Waals surface area (Å²) in [5, 5.41) is 0. The zero-order chi connectivity index (χ0) is 31.9. The maximum atomic E-state index is 15.2. The van der Waals surface area contributed by atoms with Gasteiger partial charge in [0.2, 0.25) is 0 Å². The minimum absolute atomic E-state index is 0.0781. The minimum atomic E-state index is -5.46. The van der Waals surface area contributed by atoms with Gasteiger partial charge in [-0.2, -0.15) is 22.0 Å². The molecule has 0 heterocycles. The summed E-state index contributed by atoms with van der Waals surface area (Å²) in [4.78, 5) is 0. The molecule has 1 unspecified atom stereocenters. The molecule has 4 aliphatic rings. The second-order valence-electron chi connectivity index (χ2n) is 11.1. The number of ether oxygens (including phenoxy) is 1. The lowest BCUT2D eigenvalue weighted by Crippen LogP contribution is -2.43. The predicted octanol–water partition coefficient (Wildman–Crippen LogP) is 10.9. The van der Waals surface area contributed by atoms with E-state index in [2.05, 4.69) is 4.74 Å². The number of allylic oxidation sites excluding steroid dienone is 11. The number of alkyl halides is 6. The summed E-state index contributed by atoms with van der Waals surface area (Å²) in [6.07, 6.45) is -11.5. The molecule has 4 aliphatic carbocycles. The molecule has 4 rings (SSSR count). The Morgan fingerprint density at radius 1 is 0.860 bits per heavy atom. The van der Waals surface area contributed by atoms with Gasteiger partial charge in [-0.1, -0.05) is 19.4 Å². The average molecular weight is 633 g/mol. The summed E-state index contributed by atoms with van der Waals surface area (Å²) >= 11 is 0. The van der Waals surface area contributed by atoms with Gasteiger partial charge in [0.05, 0.1) is 6.10 Å². The van der Waals surface area contributed by atoms with Gasteiger partial charge in [0.1, 0.15) is 52.6 Å². The van der Waals surface area contributed by atoms with Crippen molar-refractivity contribution in [2.24, 2.45) is 23.7 Å². The highest BCUT2D eigenvalue weighted by Crippen LogP contribution is 2.50. The Hall–Kier alpha value is -2.70. The third-order valence-electron chi connectivity index (χ3n) is 8.02. The molecule has 0 radical (unpaired) electrons. The predicted molar refractivity (Wildman–Crippen MR) is 134 cm³/mol. The minimum Gasteiger partial charge on any atom is -0.312 e. The Kier molecular flexibility index (Phi) is 9.83. The van der Waals surface area contributed by atoms with E-state index in [9.17, 15) is 39.5 Å². The highest BCUT2D eigenvalue weighted by atomic mass is 19.4. The third-order valence-corrected chi connectivity index (χ3v) is 8.02. The Bertz CT molecular complexity index is 1310. The smallest absolute Gasteiger partial charge is 0.312 e. The SMILES string of the molecule is CCCCC1=CC[C@H]([C@H]2C=C(F)C([C@H]3C=C(F)[C@@H](C(F)(F)O[C@H]4C=C(F)C(C(F)(F)F)=C(F)C4)C(F)C3)=C(F)C2)C(F)=C1. The maximum absolute atomic E-state index is 15.2. The van der Waals surface area contributed by atoms with Crippen molar-refractivity contribution in [2.45, 2.75) is 76.4 Å². The number of unbranched alkanes of at least 4 members (excludes halogenated alkanes) is 1. The van der Waals surface area contributed by atoms with Crippen molar-refractivity contribution in [3.05, 3.63) is 82.1 Å². The lowest BCUT2D eigenvalue weighted by molar-refractivity contribution is -0.291. The van der Waals surface area contributed by atoms with Crippen LogP contribution in [0.2, 0.25) is 0 Å². The van der Waals surface area contributed by atoms with Crippen molar-refractivity contribution in [2.75, 3.05) is 0 Å². The molecule has 1 nitrogen and oxygen atoms in total. The molecule has 0 aromatic rings. The molecule has 6 atom stereocenters. The van der Waals surface area contributed by atoms with Crippen LogP contribution in [0.4, 0.5) is 52.7 Å². The van der Waals surface area contributed by atoms with Crippen LogP contribution in [0, 0.1) is 23.7 Å². The molecule has 0 saturated heterocycles. The van der Waals surface area contributed by atoms with E-state index in [1.54, 1.807) is 6.08 Å². The molecular weight excluding hydrogens is 604 g/mol. The molecule has 0 spiro atoms. The molecule has 0 aromatic heterocycles. The third kappa shape index (κ3) is 7.17. The van der Waals surface area contributed by atoms with E-state index in [1.165, 1.54) is 6.08 Å². The van der Waals surface area contributed by atoms with E-state index in [0.717, 1.165) is 24.5 Å². The van der Waals surface area contributed by atoms with E-state index in [-0.39, 0.29) is 12.5 Å². The van der Waals surface area contributed by atoms with Gasteiger partial charge in [-0.15, -0.1) is 0 Å². The highest BCUT2D eigenvalue weighted by Gasteiger charge is 2.54. The average Bonchev–Trinajstić information content (AvgIpc) is 2.84. The lowest BCUT2D eigenvalue weighted by Gasteiger charge is -2.36. The van der Waals surface area contributed by atoms with Gasteiger partial charge < -0.3 is 4.74 Å². The first-order valence-corrected chi connectivity index (χ1v) is 13.8. The Labute approximate surface area is 240 Å². The summed E-state index contributed by atoms with van der Waals surface area (Å²) in [5.74, 6) is -15.6. The molecule has 0 fully saturated rings. The van der Waals surface area contributed by atoms with Crippen LogP contribution in [-0.4, -0.2) is 24.6 Å². The zero-order valence-corrected chi connectivity index (χ0v) is 22.7. The topological polar surface area (TPSA) is 9.23 Å². The molecule has 0 aliphatic heterocycles. The molecule has 238 valence electrons. The summed E-state index contributed by atoms with van der Waals surface area (Å²) < 4.78 is 175. The van der Waals surface area contributed by atoms with Gasteiger partial charge in [-0.25, -0.2) is 30.7 Å². The molecule has 0 saturated carbocycles. The monoisotopic (exact) mass is 632 g/mol. The fourth-order valence-corrected chi connectivity index (χ4v) is 5.93. The van der Waals surface area contributed by atoms with Crippen molar-refractivity contribution in [3.8, 4) is 0 Å². The zero-order valence-electron chi connectivity index (χ0n) is 22.7. The molecule has 0 N–H and O–H groups in total. The van der Waals surface area contributed by atoms with Gasteiger partial charge in [0.15, 0.2) is 0 Å². The first-order chi connectivity index (χ1) is 20.0. The first-order valence-electron chi connectivity index (χ1n) is 13.8. The van der Waals surface area contributed by atoms with Crippen LogP contribution in [0.5, 0.6) is 0 Å². The quantitative estimate of drug-likeness (QED) is 0.242. The van der Waals surface area contributed by atoms with Crippen LogP contribution in [0.3, 0.4) is 0 Å². The Balaban J connectivity index is 1.47. The largest absolute Gasteiger partial charge is 0.421 e. The molecule has 0 aromatic carbocycles. The van der Waals surface area contributed by atoms with E-state index in [4.69, 9.17) is 0 Å². The van der Waals surface area contributed by atoms with Crippen LogP contribution < -0.4 is 0 Å². The van der Waals surface area contributed by atoms with E-state index in [1.807, 2.05) is 6.92 Å². The Morgan fingerprint density at radius 2 is 1.56 bits per heavy atom. The number of hydrogen-bond donors (Lipinski definition) is 0. The lowest BCUT2D eigenvalue weighted by atomic mass is 9.75. The van der Waals surface area contributed by atoms with Gasteiger partial charge in [-0.05, 0) is 61.5 Å². The molecule has 0 bridgehead atoms. The molecular formula is C30H28F12O. The van der Waals surface area contributed by atoms with E-state index >= 15 is 13.2 Å². The van der Waals surface area contributed by atoms with Crippen LogP contribution in [0.15, 0.2) is 82.1 Å². The summed E-state index contributed by atoms with van der Waals surface area (Å²) in [7, 11) is 0. The standard InChI is InChI=1S/C30H28F12O/c1-2-3-4-14-5-6-18(19(31)7-14)15-8-20(32)26(21(33)9-15)16-10-22(34)28(23(35)11-16)30(41,42)43-17-12-24(36)27(25(37)13-17)29(38,39)40/h5,7-8,10,12,15-18,23,28H,2-4,6,9,11,13H2,1H3/t15-,16-,17-,18+,23?,28+/m0/s1. The van der Waals surface area contributed by atoms with Crippen molar-refractivity contribution in [1.82, 2.24) is 0 Å². The summed E-state index contributed by atoms with van der Waals surface area (Å²) in [5.41, 5.74) is -2.29. The van der Waals surface area contributed by atoms with E-state index in [0.29, 0.717) is 12.5 Å². The van der Waals surface area contributed by atoms with Crippen LogP contribution in [0.25, 0.3) is 0 Å². The van der Waals surface area contributed by atoms with Crippen LogP contribution in [-0.2, 0) is 4.74 Å². The highest BCUT2D eigenvalue weighted by molar-refractivity contribution is 5.40. The second kappa shape index (κ2) is 12.7. The van der Waals surface area contributed by atoms with Gasteiger partial charge in [0, 0.05) is 30.3 Å². The van der Waals surface area contributed by atoms with Crippen molar-refractivity contribution >= 4 is 0 Å².